The molecule has 10 heteroatoms. The van der Waals surface area contributed by atoms with E-state index in [1.165, 1.54) is 0 Å². The Morgan fingerprint density at radius 3 is 2.54 bits per heavy atom. The van der Waals surface area contributed by atoms with Gasteiger partial charge in [0.05, 0.1) is 23.7 Å². The second kappa shape index (κ2) is 9.81. The van der Waals surface area contributed by atoms with E-state index in [9.17, 15) is 8.42 Å². The third-order valence-electron chi connectivity index (χ3n) is 6.26. The van der Waals surface area contributed by atoms with Crippen LogP contribution >= 0.6 is 23.8 Å². The third kappa shape index (κ3) is 5.20. The van der Waals surface area contributed by atoms with Gasteiger partial charge in [0.1, 0.15) is 17.6 Å². The van der Waals surface area contributed by atoms with Crippen molar-refractivity contribution >= 4 is 50.3 Å². The van der Waals surface area contributed by atoms with Crippen LogP contribution in [0.3, 0.4) is 0 Å². The SMILES string of the molecule is Cc1ccc(-c2ccc(C3C(c4ccccn4)NC(=S)N3c3ccc(NS(C)(=O)=O)c(C)c3)o2)cc1Cl. The monoisotopic (exact) mass is 552 g/mol. The van der Waals surface area contributed by atoms with Crippen LogP contribution in [0.15, 0.2) is 77.3 Å². The number of pyridine rings is 1. The summed E-state index contributed by atoms with van der Waals surface area (Å²) in [7, 11) is -3.40. The molecule has 1 aliphatic rings. The molecule has 2 N–H and O–H groups in total. The number of aryl methyl sites for hydroxylation is 2. The summed E-state index contributed by atoms with van der Waals surface area (Å²) < 4.78 is 32.5. The highest BCUT2D eigenvalue weighted by Crippen LogP contribution is 2.43. The Morgan fingerprint density at radius 1 is 1.05 bits per heavy atom. The summed E-state index contributed by atoms with van der Waals surface area (Å²) in [6.45, 7) is 3.81. The predicted molar refractivity (Wildman–Crippen MR) is 151 cm³/mol. The lowest BCUT2D eigenvalue weighted by Crippen LogP contribution is -2.29. The van der Waals surface area contributed by atoms with Gasteiger partial charge >= 0.3 is 0 Å². The van der Waals surface area contributed by atoms with Crippen LogP contribution in [0.2, 0.25) is 5.02 Å². The molecular weight excluding hydrogens is 528 g/mol. The van der Waals surface area contributed by atoms with Crippen LogP contribution in [0.25, 0.3) is 11.3 Å². The van der Waals surface area contributed by atoms with Crippen molar-refractivity contribution in [3.05, 3.63) is 101 Å². The summed E-state index contributed by atoms with van der Waals surface area (Å²) in [6.07, 6.45) is 2.88. The van der Waals surface area contributed by atoms with Crippen molar-refractivity contribution in [2.45, 2.75) is 25.9 Å². The maximum Gasteiger partial charge on any atom is 0.229 e. The summed E-state index contributed by atoms with van der Waals surface area (Å²) in [4.78, 5) is 6.56. The van der Waals surface area contributed by atoms with Crippen molar-refractivity contribution in [3.8, 4) is 11.3 Å². The molecule has 2 aromatic heterocycles. The summed E-state index contributed by atoms with van der Waals surface area (Å²) in [5.74, 6) is 1.39. The van der Waals surface area contributed by atoms with Gasteiger partial charge in [-0.05, 0) is 85.7 Å². The Balaban J connectivity index is 1.58. The van der Waals surface area contributed by atoms with Gasteiger partial charge in [0.2, 0.25) is 10.0 Å². The normalized spacial score (nSPS) is 17.6. The molecule has 7 nitrogen and oxygen atoms in total. The number of aromatic nitrogens is 1. The molecule has 2 atom stereocenters. The largest absolute Gasteiger partial charge is 0.459 e. The van der Waals surface area contributed by atoms with Gasteiger partial charge in [-0.1, -0.05) is 29.8 Å². The number of hydrogen-bond acceptors (Lipinski definition) is 5. The van der Waals surface area contributed by atoms with E-state index in [4.69, 9.17) is 28.2 Å². The van der Waals surface area contributed by atoms with E-state index in [1.54, 1.807) is 12.3 Å². The number of sulfonamides is 1. The molecule has 3 heterocycles. The highest BCUT2D eigenvalue weighted by molar-refractivity contribution is 7.92. The number of anilines is 2. The second-order valence-electron chi connectivity index (χ2n) is 9.04. The minimum Gasteiger partial charge on any atom is -0.459 e. The molecule has 0 radical (unpaired) electrons. The maximum atomic E-state index is 11.8. The topological polar surface area (TPSA) is 87.5 Å². The number of halogens is 1. The summed E-state index contributed by atoms with van der Waals surface area (Å²) in [5.41, 5.74) is 4.77. The number of rotatable bonds is 6. The average Bonchev–Trinajstić information content (AvgIpc) is 3.46. The van der Waals surface area contributed by atoms with Crippen molar-refractivity contribution in [1.29, 1.82) is 0 Å². The molecular formula is C27H25ClN4O3S2. The lowest BCUT2D eigenvalue weighted by Gasteiger charge is -2.26. The van der Waals surface area contributed by atoms with Crippen LogP contribution < -0.4 is 14.9 Å². The zero-order valence-corrected chi connectivity index (χ0v) is 22.8. The fraction of sp³-hybridized carbons (Fsp3) is 0.185. The number of benzene rings is 2. The molecule has 2 unspecified atom stereocenters. The Bertz CT molecular complexity index is 1590. The van der Waals surface area contributed by atoms with Crippen LogP contribution in [0.5, 0.6) is 0 Å². The Morgan fingerprint density at radius 2 is 1.86 bits per heavy atom. The Hall–Kier alpha value is -3.40. The van der Waals surface area contributed by atoms with E-state index in [0.717, 1.165) is 34.3 Å². The molecule has 0 amide bonds. The summed E-state index contributed by atoms with van der Waals surface area (Å²) >= 11 is 12.2. The standard InChI is InChI=1S/C27H25ClN4O3S2/c1-16-7-8-18(15-20(16)28)23-11-12-24(35-23)26-25(22-6-4-5-13-29-22)30-27(36)32(26)19-9-10-21(17(2)14-19)31-37(3,33)34/h4-15,25-26,31H,1-3H3,(H,30,36). The van der Waals surface area contributed by atoms with E-state index in [0.29, 0.717) is 27.3 Å². The molecule has 4 aromatic rings. The number of hydrogen-bond donors (Lipinski definition) is 2. The fourth-order valence-electron chi connectivity index (χ4n) is 4.45. The van der Waals surface area contributed by atoms with Crippen molar-refractivity contribution in [2.24, 2.45) is 0 Å². The molecule has 0 bridgehead atoms. The smallest absolute Gasteiger partial charge is 0.229 e. The first-order chi connectivity index (χ1) is 17.6. The van der Waals surface area contributed by atoms with Crippen molar-refractivity contribution in [2.75, 3.05) is 15.9 Å². The first-order valence-electron chi connectivity index (χ1n) is 11.6. The Labute approximate surface area is 226 Å². The molecule has 190 valence electrons. The van der Waals surface area contributed by atoms with Crippen molar-refractivity contribution < 1.29 is 12.8 Å². The highest BCUT2D eigenvalue weighted by atomic mass is 35.5. The first kappa shape index (κ1) is 25.3. The number of furan rings is 1. The van der Waals surface area contributed by atoms with Gasteiger partial charge in [-0.25, -0.2) is 8.42 Å². The zero-order chi connectivity index (χ0) is 26.3. The van der Waals surface area contributed by atoms with Crippen LogP contribution in [0, 0.1) is 13.8 Å². The minimum atomic E-state index is -3.40. The van der Waals surface area contributed by atoms with Crippen LogP contribution in [-0.4, -0.2) is 24.8 Å². The van der Waals surface area contributed by atoms with Gasteiger partial charge in [-0.3, -0.25) is 9.71 Å². The second-order valence-corrected chi connectivity index (χ2v) is 11.6. The molecule has 1 fully saturated rings. The van der Waals surface area contributed by atoms with E-state index in [1.807, 2.05) is 79.4 Å². The number of nitrogens with one attached hydrogen (secondary N) is 2. The zero-order valence-electron chi connectivity index (χ0n) is 20.4. The quantitative estimate of drug-likeness (QED) is 0.277. The lowest BCUT2D eigenvalue weighted by molar-refractivity contribution is 0.439. The molecule has 1 saturated heterocycles. The van der Waals surface area contributed by atoms with Gasteiger partial charge in [0.15, 0.2) is 5.11 Å². The van der Waals surface area contributed by atoms with E-state index in [-0.39, 0.29) is 12.1 Å². The fourth-order valence-corrected chi connectivity index (χ4v) is 5.60. The van der Waals surface area contributed by atoms with Gasteiger partial charge < -0.3 is 14.6 Å². The van der Waals surface area contributed by atoms with Gasteiger partial charge in [0, 0.05) is 22.5 Å². The van der Waals surface area contributed by atoms with Crippen molar-refractivity contribution in [3.63, 3.8) is 0 Å². The molecule has 0 aliphatic carbocycles. The van der Waals surface area contributed by atoms with Crippen molar-refractivity contribution in [1.82, 2.24) is 10.3 Å². The molecule has 5 rings (SSSR count). The summed E-state index contributed by atoms with van der Waals surface area (Å²) in [6, 6.07) is 20.3. The molecule has 1 aliphatic heterocycles. The summed E-state index contributed by atoms with van der Waals surface area (Å²) in [5, 5.41) is 4.59. The molecule has 2 aromatic carbocycles. The molecule has 0 saturated carbocycles. The Kier molecular flexibility index (Phi) is 6.70. The van der Waals surface area contributed by atoms with Crippen LogP contribution in [-0.2, 0) is 10.0 Å². The average molecular weight is 553 g/mol. The van der Waals surface area contributed by atoms with Gasteiger partial charge in [0.25, 0.3) is 0 Å². The molecule has 37 heavy (non-hydrogen) atoms. The van der Waals surface area contributed by atoms with E-state index < -0.39 is 10.0 Å². The van der Waals surface area contributed by atoms with E-state index in [2.05, 4.69) is 15.0 Å². The van der Waals surface area contributed by atoms with Gasteiger partial charge in [-0.2, -0.15) is 0 Å². The number of nitrogens with zero attached hydrogens (tertiary/aromatic N) is 2. The number of thiocarbonyl (C=S) groups is 1. The van der Waals surface area contributed by atoms with Crippen LogP contribution in [0.1, 0.15) is 34.7 Å². The first-order valence-corrected chi connectivity index (χ1v) is 14.2. The maximum absolute atomic E-state index is 11.8. The van der Waals surface area contributed by atoms with E-state index >= 15 is 0 Å². The van der Waals surface area contributed by atoms with Gasteiger partial charge in [-0.15, -0.1) is 0 Å². The molecule has 0 spiro atoms. The third-order valence-corrected chi connectivity index (χ3v) is 7.57. The lowest BCUT2D eigenvalue weighted by atomic mass is 10.0. The highest BCUT2D eigenvalue weighted by Gasteiger charge is 2.42. The van der Waals surface area contributed by atoms with Crippen LogP contribution in [0.4, 0.5) is 11.4 Å². The minimum absolute atomic E-state index is 0.275. The predicted octanol–water partition coefficient (Wildman–Crippen LogP) is 6.16.